The van der Waals surface area contributed by atoms with Crippen LogP contribution in [0.2, 0.25) is 0 Å². The SMILES string of the molecule is CC(C)COCCCNS(=O)(=O)c1csc(CO)c1. The van der Waals surface area contributed by atoms with E-state index in [9.17, 15) is 8.42 Å². The Labute approximate surface area is 118 Å². The molecule has 0 saturated carbocycles. The first-order valence-electron chi connectivity index (χ1n) is 6.21. The highest BCUT2D eigenvalue weighted by molar-refractivity contribution is 7.89. The van der Waals surface area contributed by atoms with E-state index >= 15 is 0 Å². The van der Waals surface area contributed by atoms with Crippen LogP contribution in [-0.2, 0) is 21.4 Å². The molecule has 1 rings (SSSR count). The Morgan fingerprint density at radius 1 is 1.47 bits per heavy atom. The Morgan fingerprint density at radius 2 is 2.21 bits per heavy atom. The third kappa shape index (κ3) is 6.01. The number of rotatable bonds is 9. The van der Waals surface area contributed by atoms with Crippen molar-refractivity contribution in [3.05, 3.63) is 16.3 Å². The molecular weight excluding hydrogens is 286 g/mol. The number of nitrogens with one attached hydrogen (secondary N) is 1. The molecule has 0 amide bonds. The topological polar surface area (TPSA) is 75.6 Å². The van der Waals surface area contributed by atoms with Gasteiger partial charge in [0, 0.05) is 30.0 Å². The highest BCUT2D eigenvalue weighted by atomic mass is 32.2. The van der Waals surface area contributed by atoms with Crippen molar-refractivity contribution in [3.8, 4) is 0 Å². The molecule has 7 heteroatoms. The summed E-state index contributed by atoms with van der Waals surface area (Å²) >= 11 is 1.23. The normalized spacial score (nSPS) is 12.2. The van der Waals surface area contributed by atoms with E-state index in [-0.39, 0.29) is 11.5 Å². The number of hydrogen-bond acceptors (Lipinski definition) is 5. The maximum atomic E-state index is 11.9. The Hall–Kier alpha value is -0.470. The molecule has 0 atom stereocenters. The van der Waals surface area contributed by atoms with Crippen LogP contribution in [0.15, 0.2) is 16.3 Å². The highest BCUT2D eigenvalue weighted by Crippen LogP contribution is 2.18. The summed E-state index contributed by atoms with van der Waals surface area (Å²) in [5.41, 5.74) is 0. The molecule has 110 valence electrons. The summed E-state index contributed by atoms with van der Waals surface area (Å²) in [6, 6.07) is 1.49. The predicted molar refractivity (Wildman–Crippen MR) is 75.7 cm³/mol. The lowest BCUT2D eigenvalue weighted by molar-refractivity contribution is 0.108. The second-order valence-corrected chi connectivity index (χ2v) is 7.39. The van der Waals surface area contributed by atoms with Crippen LogP contribution >= 0.6 is 11.3 Å². The van der Waals surface area contributed by atoms with Gasteiger partial charge < -0.3 is 9.84 Å². The van der Waals surface area contributed by atoms with E-state index < -0.39 is 10.0 Å². The molecule has 1 heterocycles. The van der Waals surface area contributed by atoms with Crippen LogP contribution in [0.4, 0.5) is 0 Å². The predicted octanol–water partition coefficient (Wildman–Crippen LogP) is 1.58. The fraction of sp³-hybridized carbons (Fsp3) is 0.667. The standard InChI is InChI=1S/C12H21NO4S2/c1-10(2)8-17-5-3-4-13-19(15,16)12-6-11(7-14)18-9-12/h6,9-10,13-14H,3-5,7-8H2,1-2H3. The Bertz CT molecular complexity index is 468. The number of thiophene rings is 1. The first-order chi connectivity index (χ1) is 8.95. The smallest absolute Gasteiger partial charge is 0.241 e. The second-order valence-electron chi connectivity index (χ2n) is 4.63. The Kier molecular flexibility index (Phi) is 6.95. The summed E-state index contributed by atoms with van der Waals surface area (Å²) < 4.78 is 31.6. The molecule has 0 radical (unpaired) electrons. The lowest BCUT2D eigenvalue weighted by atomic mass is 10.2. The molecule has 0 aliphatic heterocycles. The minimum Gasteiger partial charge on any atom is -0.391 e. The third-order valence-corrected chi connectivity index (χ3v) is 4.82. The van der Waals surface area contributed by atoms with Crippen molar-refractivity contribution in [2.24, 2.45) is 5.92 Å². The zero-order valence-corrected chi connectivity index (χ0v) is 12.9. The van der Waals surface area contributed by atoms with Crippen molar-refractivity contribution in [1.82, 2.24) is 4.72 Å². The number of sulfonamides is 1. The van der Waals surface area contributed by atoms with Gasteiger partial charge in [0.15, 0.2) is 0 Å². The van der Waals surface area contributed by atoms with Crippen molar-refractivity contribution >= 4 is 21.4 Å². The lowest BCUT2D eigenvalue weighted by Gasteiger charge is -2.07. The number of aliphatic hydroxyl groups excluding tert-OH is 1. The van der Waals surface area contributed by atoms with Crippen LogP contribution in [0.3, 0.4) is 0 Å². The summed E-state index contributed by atoms with van der Waals surface area (Å²) in [4.78, 5) is 0.852. The van der Waals surface area contributed by atoms with Crippen molar-refractivity contribution in [2.75, 3.05) is 19.8 Å². The maximum absolute atomic E-state index is 11.9. The molecule has 5 nitrogen and oxygen atoms in total. The summed E-state index contributed by atoms with van der Waals surface area (Å²) in [6.07, 6.45) is 0.642. The van der Waals surface area contributed by atoms with Crippen LogP contribution in [0.5, 0.6) is 0 Å². The summed E-state index contributed by atoms with van der Waals surface area (Å²) in [7, 11) is -3.46. The molecule has 19 heavy (non-hydrogen) atoms. The molecular formula is C12H21NO4S2. The first-order valence-corrected chi connectivity index (χ1v) is 8.57. The second kappa shape index (κ2) is 7.96. The van der Waals surface area contributed by atoms with Gasteiger partial charge in [0.25, 0.3) is 0 Å². The van der Waals surface area contributed by atoms with E-state index in [1.165, 1.54) is 22.8 Å². The largest absolute Gasteiger partial charge is 0.391 e. The van der Waals surface area contributed by atoms with E-state index in [2.05, 4.69) is 18.6 Å². The molecule has 0 spiro atoms. The van der Waals surface area contributed by atoms with Gasteiger partial charge in [0.2, 0.25) is 10.0 Å². The summed E-state index contributed by atoms with van der Waals surface area (Å²) in [6.45, 7) is 5.59. The third-order valence-electron chi connectivity index (χ3n) is 2.30. The molecule has 0 saturated heterocycles. The number of aliphatic hydroxyl groups is 1. The fourth-order valence-corrected chi connectivity index (χ4v) is 3.58. The van der Waals surface area contributed by atoms with Gasteiger partial charge in [-0.25, -0.2) is 13.1 Å². The van der Waals surface area contributed by atoms with Crippen LogP contribution in [0.25, 0.3) is 0 Å². The molecule has 0 fully saturated rings. The van der Waals surface area contributed by atoms with Crippen molar-refractivity contribution in [2.45, 2.75) is 31.8 Å². The highest BCUT2D eigenvalue weighted by Gasteiger charge is 2.15. The molecule has 0 aliphatic rings. The van der Waals surface area contributed by atoms with E-state index in [1.807, 2.05) is 0 Å². The molecule has 0 aliphatic carbocycles. The van der Waals surface area contributed by atoms with Gasteiger partial charge in [-0.05, 0) is 18.4 Å². The average molecular weight is 307 g/mol. The monoisotopic (exact) mass is 307 g/mol. The van der Waals surface area contributed by atoms with Crippen LogP contribution in [0.1, 0.15) is 25.1 Å². The minimum atomic E-state index is -3.46. The number of ether oxygens (including phenoxy) is 1. The van der Waals surface area contributed by atoms with Gasteiger partial charge >= 0.3 is 0 Å². The molecule has 2 N–H and O–H groups in total. The quantitative estimate of drug-likeness (QED) is 0.679. The van der Waals surface area contributed by atoms with Crippen molar-refractivity contribution < 1.29 is 18.3 Å². The van der Waals surface area contributed by atoms with E-state index in [4.69, 9.17) is 9.84 Å². The van der Waals surface area contributed by atoms with Crippen LogP contribution < -0.4 is 4.72 Å². The molecule has 0 unspecified atom stereocenters. The fourth-order valence-electron chi connectivity index (χ4n) is 1.37. The van der Waals surface area contributed by atoms with E-state index in [1.54, 1.807) is 0 Å². The number of hydrogen-bond donors (Lipinski definition) is 2. The zero-order chi connectivity index (χ0) is 14.3. The van der Waals surface area contributed by atoms with Gasteiger partial charge in [-0.15, -0.1) is 11.3 Å². The first kappa shape index (κ1) is 16.6. The van der Waals surface area contributed by atoms with Crippen molar-refractivity contribution in [3.63, 3.8) is 0 Å². The van der Waals surface area contributed by atoms with Gasteiger partial charge in [-0.1, -0.05) is 13.8 Å². The Morgan fingerprint density at radius 3 is 2.79 bits per heavy atom. The van der Waals surface area contributed by atoms with E-state index in [0.29, 0.717) is 37.0 Å². The van der Waals surface area contributed by atoms with Gasteiger partial charge in [0.05, 0.1) is 11.5 Å². The van der Waals surface area contributed by atoms with Gasteiger partial charge in [0.1, 0.15) is 0 Å². The Balaban J connectivity index is 2.31. The molecule has 0 aromatic carbocycles. The zero-order valence-electron chi connectivity index (χ0n) is 11.3. The minimum absolute atomic E-state index is 0.136. The lowest BCUT2D eigenvalue weighted by Crippen LogP contribution is -2.25. The van der Waals surface area contributed by atoms with Crippen LogP contribution in [0, 0.1) is 5.92 Å². The van der Waals surface area contributed by atoms with Gasteiger partial charge in [-0.3, -0.25) is 0 Å². The summed E-state index contributed by atoms with van der Waals surface area (Å²) in [5, 5.41) is 10.4. The van der Waals surface area contributed by atoms with Crippen LogP contribution in [-0.4, -0.2) is 33.3 Å². The van der Waals surface area contributed by atoms with Gasteiger partial charge in [-0.2, -0.15) is 0 Å². The van der Waals surface area contributed by atoms with E-state index in [0.717, 1.165) is 0 Å². The summed E-state index contributed by atoms with van der Waals surface area (Å²) in [5.74, 6) is 0.486. The molecule has 1 aromatic rings. The van der Waals surface area contributed by atoms with Crippen molar-refractivity contribution in [1.29, 1.82) is 0 Å². The molecule has 1 aromatic heterocycles. The maximum Gasteiger partial charge on any atom is 0.241 e. The molecule has 0 bridgehead atoms. The average Bonchev–Trinajstić information content (AvgIpc) is 2.82.